The number of piperazine rings is 1. The molecule has 0 amide bonds. The zero-order chi connectivity index (χ0) is 13.4. The van der Waals surface area contributed by atoms with Crippen LogP contribution in [0.15, 0.2) is 4.79 Å². The normalized spacial score (nSPS) is 24.6. The summed E-state index contributed by atoms with van der Waals surface area (Å²) in [6.07, 6.45) is 0.809. The van der Waals surface area contributed by atoms with Crippen molar-refractivity contribution in [2.45, 2.75) is 25.6 Å². The zero-order valence-electron chi connectivity index (χ0n) is 11.6. The third kappa shape index (κ3) is 2.56. The number of aromatic amines is 1. The molecule has 0 radical (unpaired) electrons. The summed E-state index contributed by atoms with van der Waals surface area (Å²) in [5.41, 5.74) is 1.75. The summed E-state index contributed by atoms with van der Waals surface area (Å²) in [5, 5.41) is 3.17. The lowest BCUT2D eigenvalue weighted by Gasteiger charge is -2.37. The Bertz CT molecular complexity index is 526. The molecular weight excluding hydrogens is 242 g/mol. The van der Waals surface area contributed by atoms with Crippen molar-refractivity contribution in [3.8, 4) is 0 Å². The molecule has 2 aliphatic heterocycles. The van der Waals surface area contributed by atoms with E-state index < -0.39 is 0 Å². The lowest BCUT2D eigenvalue weighted by Crippen LogP contribution is -2.51. The second kappa shape index (κ2) is 5.03. The molecule has 0 bridgehead atoms. The molecule has 0 spiro atoms. The first-order valence-electron chi connectivity index (χ1n) is 6.84. The monoisotopic (exact) mass is 263 g/mol. The molecule has 2 aliphatic rings. The predicted octanol–water partition coefficient (Wildman–Crippen LogP) is -0.839. The first-order chi connectivity index (χ1) is 9.13. The van der Waals surface area contributed by atoms with E-state index in [9.17, 15) is 4.79 Å². The molecule has 1 aromatic rings. The van der Waals surface area contributed by atoms with Gasteiger partial charge in [0.2, 0.25) is 0 Å². The van der Waals surface area contributed by atoms with Crippen LogP contribution in [0, 0.1) is 0 Å². The minimum Gasteiger partial charge on any atom is -0.310 e. The second-order valence-corrected chi connectivity index (χ2v) is 5.64. The molecule has 1 saturated heterocycles. The number of hydrogen-bond donors (Lipinski definition) is 2. The fraction of sp³-hybridized carbons (Fsp3) is 0.692. The third-order valence-corrected chi connectivity index (χ3v) is 4.15. The highest BCUT2D eigenvalue weighted by molar-refractivity contribution is 5.21. The SMILES string of the molecule is CN1CCN(C)C(Cc2nc3c(c(=O)[nH]2)CNC3)C1. The number of nitrogens with one attached hydrogen (secondary N) is 2. The van der Waals surface area contributed by atoms with Gasteiger partial charge < -0.3 is 20.1 Å². The Morgan fingerprint density at radius 1 is 1.32 bits per heavy atom. The van der Waals surface area contributed by atoms with E-state index in [2.05, 4.69) is 39.2 Å². The highest BCUT2D eigenvalue weighted by Gasteiger charge is 2.24. The van der Waals surface area contributed by atoms with Crippen molar-refractivity contribution < 1.29 is 0 Å². The summed E-state index contributed by atoms with van der Waals surface area (Å²) < 4.78 is 0. The van der Waals surface area contributed by atoms with Crippen molar-refractivity contribution >= 4 is 0 Å². The Kier molecular flexibility index (Phi) is 3.38. The Morgan fingerprint density at radius 2 is 2.16 bits per heavy atom. The number of H-pyrrole nitrogens is 1. The molecule has 2 N–H and O–H groups in total. The third-order valence-electron chi connectivity index (χ3n) is 4.15. The van der Waals surface area contributed by atoms with Crippen LogP contribution in [0.5, 0.6) is 0 Å². The summed E-state index contributed by atoms with van der Waals surface area (Å²) in [4.78, 5) is 24.2. The van der Waals surface area contributed by atoms with Gasteiger partial charge in [0, 0.05) is 45.2 Å². The molecule has 1 fully saturated rings. The number of nitrogens with zero attached hydrogens (tertiary/aromatic N) is 3. The summed E-state index contributed by atoms with van der Waals surface area (Å²) in [6, 6.07) is 0.425. The number of aromatic nitrogens is 2. The lowest BCUT2D eigenvalue weighted by atomic mass is 10.1. The van der Waals surface area contributed by atoms with Crippen LogP contribution >= 0.6 is 0 Å². The highest BCUT2D eigenvalue weighted by atomic mass is 16.1. The van der Waals surface area contributed by atoms with Crippen molar-refractivity contribution in [2.24, 2.45) is 0 Å². The van der Waals surface area contributed by atoms with E-state index >= 15 is 0 Å². The van der Waals surface area contributed by atoms with E-state index in [1.165, 1.54) is 0 Å². The standard InChI is InChI=1S/C13H21N5O/c1-17-3-4-18(2)9(8-17)5-12-15-11-7-14-6-10(11)13(19)16-12/h9,14H,3-8H2,1-2H3,(H,15,16,19). The van der Waals surface area contributed by atoms with Crippen LogP contribution in [0.4, 0.5) is 0 Å². The summed E-state index contributed by atoms with van der Waals surface area (Å²) >= 11 is 0. The number of rotatable bonds is 2. The van der Waals surface area contributed by atoms with Gasteiger partial charge in [-0.1, -0.05) is 0 Å². The maximum atomic E-state index is 12.0. The first kappa shape index (κ1) is 12.8. The zero-order valence-corrected chi connectivity index (χ0v) is 11.6. The van der Waals surface area contributed by atoms with Crippen LogP contribution in [0.3, 0.4) is 0 Å². The van der Waals surface area contributed by atoms with Crippen LogP contribution in [0.1, 0.15) is 17.1 Å². The minimum atomic E-state index is 0.0248. The maximum Gasteiger partial charge on any atom is 0.255 e. The topological polar surface area (TPSA) is 64.3 Å². The molecule has 0 aromatic carbocycles. The molecule has 104 valence electrons. The molecule has 6 heteroatoms. The van der Waals surface area contributed by atoms with Gasteiger partial charge in [0.25, 0.3) is 5.56 Å². The Hall–Kier alpha value is -1.24. The predicted molar refractivity (Wildman–Crippen MR) is 73.0 cm³/mol. The minimum absolute atomic E-state index is 0.0248. The molecule has 1 unspecified atom stereocenters. The quantitative estimate of drug-likeness (QED) is 0.728. The maximum absolute atomic E-state index is 12.0. The molecule has 6 nitrogen and oxygen atoms in total. The van der Waals surface area contributed by atoms with Gasteiger partial charge in [-0.3, -0.25) is 4.79 Å². The van der Waals surface area contributed by atoms with Gasteiger partial charge in [-0.05, 0) is 14.1 Å². The average Bonchev–Trinajstić information content (AvgIpc) is 2.82. The molecule has 1 atom stereocenters. The molecule has 0 saturated carbocycles. The fourth-order valence-corrected chi connectivity index (χ4v) is 2.87. The van der Waals surface area contributed by atoms with Gasteiger partial charge in [-0.15, -0.1) is 0 Å². The van der Waals surface area contributed by atoms with Crippen molar-refractivity contribution in [2.75, 3.05) is 33.7 Å². The van der Waals surface area contributed by atoms with E-state index in [1.54, 1.807) is 0 Å². The van der Waals surface area contributed by atoms with E-state index in [1.807, 2.05) is 0 Å². The van der Waals surface area contributed by atoms with Crippen LogP contribution in [-0.4, -0.2) is 59.5 Å². The van der Waals surface area contributed by atoms with E-state index in [-0.39, 0.29) is 5.56 Å². The molecular formula is C13H21N5O. The Labute approximate surface area is 112 Å². The van der Waals surface area contributed by atoms with E-state index in [4.69, 9.17) is 0 Å². The van der Waals surface area contributed by atoms with Crippen molar-refractivity contribution in [1.29, 1.82) is 0 Å². The molecule has 1 aromatic heterocycles. The number of likely N-dealkylation sites (N-methyl/N-ethyl adjacent to an activating group) is 2. The molecule has 3 rings (SSSR count). The van der Waals surface area contributed by atoms with Gasteiger partial charge in [0.05, 0.1) is 11.3 Å². The van der Waals surface area contributed by atoms with Crippen LogP contribution < -0.4 is 10.9 Å². The van der Waals surface area contributed by atoms with Gasteiger partial charge in [-0.2, -0.15) is 0 Å². The van der Waals surface area contributed by atoms with Gasteiger partial charge in [-0.25, -0.2) is 4.98 Å². The molecule has 19 heavy (non-hydrogen) atoms. The van der Waals surface area contributed by atoms with Crippen LogP contribution in [0.25, 0.3) is 0 Å². The molecule has 3 heterocycles. The summed E-state index contributed by atoms with van der Waals surface area (Å²) in [6.45, 7) is 4.55. The summed E-state index contributed by atoms with van der Waals surface area (Å²) in [5.74, 6) is 0.819. The summed E-state index contributed by atoms with van der Waals surface area (Å²) in [7, 11) is 4.29. The van der Waals surface area contributed by atoms with Crippen LogP contribution in [-0.2, 0) is 19.5 Å². The smallest absolute Gasteiger partial charge is 0.255 e. The van der Waals surface area contributed by atoms with Gasteiger partial charge >= 0.3 is 0 Å². The number of fused-ring (bicyclic) bond motifs is 1. The Morgan fingerprint density at radius 3 is 3.00 bits per heavy atom. The lowest BCUT2D eigenvalue weighted by molar-refractivity contribution is 0.113. The van der Waals surface area contributed by atoms with Gasteiger partial charge in [0.1, 0.15) is 5.82 Å². The highest BCUT2D eigenvalue weighted by Crippen LogP contribution is 2.12. The van der Waals surface area contributed by atoms with E-state index in [0.717, 1.165) is 43.1 Å². The molecule has 0 aliphatic carbocycles. The van der Waals surface area contributed by atoms with Crippen molar-refractivity contribution in [3.63, 3.8) is 0 Å². The van der Waals surface area contributed by atoms with E-state index in [0.29, 0.717) is 19.1 Å². The Balaban J connectivity index is 1.80. The number of hydrogen-bond acceptors (Lipinski definition) is 5. The van der Waals surface area contributed by atoms with Crippen LogP contribution in [0.2, 0.25) is 0 Å². The first-order valence-corrected chi connectivity index (χ1v) is 6.84. The fourth-order valence-electron chi connectivity index (χ4n) is 2.87. The van der Waals surface area contributed by atoms with Crippen molar-refractivity contribution in [3.05, 3.63) is 27.4 Å². The average molecular weight is 263 g/mol. The van der Waals surface area contributed by atoms with Crippen molar-refractivity contribution in [1.82, 2.24) is 25.1 Å². The largest absolute Gasteiger partial charge is 0.310 e. The second-order valence-electron chi connectivity index (χ2n) is 5.64. The van der Waals surface area contributed by atoms with Gasteiger partial charge in [0.15, 0.2) is 0 Å².